The average molecular weight is 354 g/mol. The lowest BCUT2D eigenvalue weighted by Crippen LogP contribution is -2.19. The number of methoxy groups -OCH3 is 1. The molecule has 0 aromatic heterocycles. The van der Waals surface area contributed by atoms with Crippen LogP contribution in [0.4, 0.5) is 15.8 Å². The van der Waals surface area contributed by atoms with E-state index >= 15 is 0 Å². The molecule has 122 valence electrons. The molecule has 0 fully saturated rings. The van der Waals surface area contributed by atoms with Gasteiger partial charge in [-0.05, 0) is 48.6 Å². The number of sulfone groups is 1. The monoisotopic (exact) mass is 354 g/mol. The first-order valence-electron chi connectivity index (χ1n) is 6.51. The normalized spacial score (nSPS) is 10.9. The Kier molecular flexibility index (Phi) is 5.17. The number of hydrogen-bond acceptors (Lipinski definition) is 4. The van der Waals surface area contributed by atoms with Crippen molar-refractivity contribution in [1.29, 1.82) is 0 Å². The average Bonchev–Trinajstić information content (AvgIpc) is 2.47. The van der Waals surface area contributed by atoms with Crippen molar-refractivity contribution in [2.45, 2.75) is 4.90 Å². The number of nitrogens with one attached hydrogen (secondary N) is 2. The summed E-state index contributed by atoms with van der Waals surface area (Å²) in [6.45, 7) is 0. The van der Waals surface area contributed by atoms with Crippen molar-refractivity contribution < 1.29 is 17.5 Å². The van der Waals surface area contributed by atoms with Gasteiger partial charge in [0.1, 0.15) is 0 Å². The second-order valence-corrected chi connectivity index (χ2v) is 7.15. The smallest absolute Gasteiger partial charge is 0.175 e. The second kappa shape index (κ2) is 6.93. The number of halogens is 1. The van der Waals surface area contributed by atoms with Gasteiger partial charge in [0.25, 0.3) is 0 Å². The topological polar surface area (TPSA) is 67.4 Å². The van der Waals surface area contributed by atoms with Crippen molar-refractivity contribution >= 4 is 38.5 Å². The van der Waals surface area contributed by atoms with Crippen LogP contribution in [0.15, 0.2) is 47.4 Å². The largest absolute Gasteiger partial charge is 0.494 e. The van der Waals surface area contributed by atoms with Gasteiger partial charge in [-0.3, -0.25) is 0 Å². The highest BCUT2D eigenvalue weighted by Gasteiger charge is 2.07. The summed E-state index contributed by atoms with van der Waals surface area (Å²) in [5, 5.41) is 5.97. The summed E-state index contributed by atoms with van der Waals surface area (Å²) in [4.78, 5) is 0.221. The standard InChI is InChI=1S/C15H15FN2O3S2/c1-21-14-8-5-11(9-13(14)16)18-15(22)17-10-3-6-12(7-4-10)23(2,19)20/h3-9H,1-2H3,(H2,17,18,22). The fourth-order valence-electron chi connectivity index (χ4n) is 1.82. The lowest BCUT2D eigenvalue weighted by molar-refractivity contribution is 0.387. The molecule has 0 aliphatic carbocycles. The zero-order valence-corrected chi connectivity index (χ0v) is 14.1. The molecule has 0 heterocycles. The van der Waals surface area contributed by atoms with E-state index in [0.29, 0.717) is 11.4 Å². The van der Waals surface area contributed by atoms with Crippen LogP contribution >= 0.6 is 12.2 Å². The van der Waals surface area contributed by atoms with Crippen LogP contribution in [0, 0.1) is 5.82 Å². The summed E-state index contributed by atoms with van der Waals surface area (Å²) in [5.74, 6) is -0.358. The summed E-state index contributed by atoms with van der Waals surface area (Å²) >= 11 is 5.13. The Morgan fingerprint density at radius 3 is 2.17 bits per heavy atom. The fourth-order valence-corrected chi connectivity index (χ4v) is 2.69. The zero-order valence-electron chi connectivity index (χ0n) is 12.5. The van der Waals surface area contributed by atoms with Crippen LogP contribution in [-0.2, 0) is 9.84 Å². The van der Waals surface area contributed by atoms with Crippen molar-refractivity contribution in [3.63, 3.8) is 0 Å². The van der Waals surface area contributed by atoms with E-state index in [1.165, 1.54) is 31.4 Å². The number of ether oxygens (including phenoxy) is 1. The van der Waals surface area contributed by atoms with E-state index < -0.39 is 15.7 Å². The minimum atomic E-state index is -3.24. The molecule has 2 N–H and O–H groups in total. The maximum atomic E-state index is 13.6. The molecule has 0 spiro atoms. The van der Waals surface area contributed by atoms with Crippen molar-refractivity contribution in [3.8, 4) is 5.75 Å². The summed E-state index contributed by atoms with van der Waals surface area (Å²) in [7, 11) is -1.85. The minimum Gasteiger partial charge on any atom is -0.494 e. The Hall–Kier alpha value is -2.19. The molecular weight excluding hydrogens is 339 g/mol. The van der Waals surface area contributed by atoms with Crippen LogP contribution in [0.25, 0.3) is 0 Å². The molecule has 0 unspecified atom stereocenters. The quantitative estimate of drug-likeness (QED) is 0.823. The van der Waals surface area contributed by atoms with Gasteiger partial charge in [-0.25, -0.2) is 12.8 Å². The van der Waals surface area contributed by atoms with Crippen molar-refractivity contribution in [2.75, 3.05) is 24.0 Å². The van der Waals surface area contributed by atoms with E-state index in [1.54, 1.807) is 18.2 Å². The summed E-state index contributed by atoms with van der Waals surface area (Å²) in [6.07, 6.45) is 1.14. The number of rotatable bonds is 4. The lowest BCUT2D eigenvalue weighted by atomic mass is 10.3. The predicted molar refractivity (Wildman–Crippen MR) is 92.3 cm³/mol. The van der Waals surface area contributed by atoms with Crippen LogP contribution < -0.4 is 15.4 Å². The highest BCUT2D eigenvalue weighted by Crippen LogP contribution is 2.21. The highest BCUT2D eigenvalue weighted by atomic mass is 32.2. The molecule has 0 aliphatic heterocycles. The van der Waals surface area contributed by atoms with Gasteiger partial charge in [0.15, 0.2) is 26.5 Å². The van der Waals surface area contributed by atoms with Crippen LogP contribution in [-0.4, -0.2) is 26.9 Å². The van der Waals surface area contributed by atoms with Crippen molar-refractivity contribution in [3.05, 3.63) is 48.3 Å². The molecular formula is C15H15FN2O3S2. The second-order valence-electron chi connectivity index (χ2n) is 4.72. The molecule has 0 bridgehead atoms. The molecule has 2 aromatic rings. The first-order chi connectivity index (χ1) is 10.8. The SMILES string of the molecule is COc1ccc(NC(=S)Nc2ccc(S(C)(=O)=O)cc2)cc1F. The van der Waals surface area contributed by atoms with E-state index in [4.69, 9.17) is 17.0 Å². The number of hydrogen-bond donors (Lipinski definition) is 2. The Morgan fingerprint density at radius 1 is 1.09 bits per heavy atom. The fraction of sp³-hybridized carbons (Fsp3) is 0.133. The highest BCUT2D eigenvalue weighted by molar-refractivity contribution is 7.90. The van der Waals surface area contributed by atoms with E-state index in [-0.39, 0.29) is 15.8 Å². The molecule has 0 saturated carbocycles. The van der Waals surface area contributed by atoms with Gasteiger partial charge < -0.3 is 15.4 Å². The minimum absolute atomic E-state index is 0.144. The first kappa shape index (κ1) is 17.2. The van der Waals surface area contributed by atoms with Gasteiger partial charge in [0, 0.05) is 23.7 Å². The Morgan fingerprint density at radius 2 is 1.65 bits per heavy atom. The Bertz CT molecular complexity index is 821. The third kappa shape index (κ3) is 4.64. The third-order valence-corrected chi connectivity index (χ3v) is 4.28. The van der Waals surface area contributed by atoms with Crippen LogP contribution in [0.5, 0.6) is 5.75 Å². The molecule has 0 saturated heterocycles. The lowest BCUT2D eigenvalue weighted by Gasteiger charge is -2.11. The molecule has 2 aromatic carbocycles. The molecule has 0 aliphatic rings. The van der Waals surface area contributed by atoms with Crippen LogP contribution in [0.1, 0.15) is 0 Å². The molecule has 5 nitrogen and oxygen atoms in total. The maximum absolute atomic E-state index is 13.6. The molecule has 0 amide bonds. The van der Waals surface area contributed by atoms with Crippen LogP contribution in [0.3, 0.4) is 0 Å². The van der Waals surface area contributed by atoms with Crippen molar-refractivity contribution in [2.24, 2.45) is 0 Å². The van der Waals surface area contributed by atoms with Gasteiger partial charge in [-0.1, -0.05) is 0 Å². The molecule has 2 rings (SSSR count). The van der Waals surface area contributed by atoms with E-state index in [0.717, 1.165) is 6.26 Å². The first-order valence-corrected chi connectivity index (χ1v) is 8.81. The van der Waals surface area contributed by atoms with E-state index in [2.05, 4.69) is 10.6 Å². The molecule has 0 atom stereocenters. The number of benzene rings is 2. The van der Waals surface area contributed by atoms with Crippen molar-refractivity contribution in [1.82, 2.24) is 0 Å². The summed E-state index contributed by atoms with van der Waals surface area (Å²) in [6, 6.07) is 10.5. The van der Waals surface area contributed by atoms with Crippen LogP contribution in [0.2, 0.25) is 0 Å². The molecule has 8 heteroatoms. The van der Waals surface area contributed by atoms with Gasteiger partial charge in [0.05, 0.1) is 12.0 Å². The molecule has 0 radical (unpaired) electrons. The summed E-state index contributed by atoms with van der Waals surface area (Å²) in [5.41, 5.74) is 1.08. The van der Waals surface area contributed by atoms with Gasteiger partial charge in [-0.2, -0.15) is 0 Å². The third-order valence-electron chi connectivity index (χ3n) is 2.95. The molecule has 23 heavy (non-hydrogen) atoms. The zero-order chi connectivity index (χ0) is 17.0. The summed E-state index contributed by atoms with van der Waals surface area (Å²) < 4.78 is 41.2. The predicted octanol–water partition coefficient (Wildman–Crippen LogP) is 3.05. The van der Waals surface area contributed by atoms with Gasteiger partial charge >= 0.3 is 0 Å². The van der Waals surface area contributed by atoms with E-state index in [1.807, 2.05) is 0 Å². The van der Waals surface area contributed by atoms with Gasteiger partial charge in [-0.15, -0.1) is 0 Å². The number of anilines is 2. The maximum Gasteiger partial charge on any atom is 0.175 e. The Balaban J connectivity index is 2.03. The Labute approximate surface area is 139 Å². The van der Waals surface area contributed by atoms with E-state index in [9.17, 15) is 12.8 Å². The van der Waals surface area contributed by atoms with Gasteiger partial charge in [0.2, 0.25) is 0 Å². The number of thiocarbonyl (C=S) groups is 1.